The highest BCUT2D eigenvalue weighted by Gasteiger charge is 2.22. The van der Waals surface area contributed by atoms with Crippen molar-refractivity contribution in [1.29, 1.82) is 0 Å². The van der Waals surface area contributed by atoms with Crippen molar-refractivity contribution in [2.45, 2.75) is 31.6 Å². The maximum Gasteiger partial charge on any atom is 0.221 e. The third-order valence-corrected chi connectivity index (χ3v) is 4.62. The molecule has 22 heavy (non-hydrogen) atoms. The van der Waals surface area contributed by atoms with Crippen LogP contribution in [-0.4, -0.2) is 35.8 Å². The highest BCUT2D eigenvalue weighted by atomic mass is 35.5. The minimum Gasteiger partial charge on any atom is -0.352 e. The van der Waals surface area contributed by atoms with Crippen molar-refractivity contribution in [2.24, 2.45) is 5.92 Å². The summed E-state index contributed by atoms with van der Waals surface area (Å²) in [6, 6.07) is 6.22. The molecule has 1 aromatic rings. The molecule has 1 fully saturated rings. The van der Waals surface area contributed by atoms with E-state index in [9.17, 15) is 4.79 Å². The van der Waals surface area contributed by atoms with Gasteiger partial charge in [-0.2, -0.15) is 11.8 Å². The Morgan fingerprint density at radius 1 is 1.45 bits per heavy atom. The molecule has 0 aromatic carbocycles. The molecule has 2 N–H and O–H groups in total. The van der Waals surface area contributed by atoms with Gasteiger partial charge in [0.15, 0.2) is 0 Å². The molecule has 0 spiro atoms. The van der Waals surface area contributed by atoms with Crippen molar-refractivity contribution < 1.29 is 4.79 Å². The van der Waals surface area contributed by atoms with E-state index in [0.29, 0.717) is 12.3 Å². The first-order valence-electron chi connectivity index (χ1n) is 7.23. The summed E-state index contributed by atoms with van der Waals surface area (Å²) in [6.07, 6.45) is 3.53. The standard InChI is InChI=1S/C15H23N3OS.2ClH/c1-12-5-8-16-10-14(12)18-15(19)6-9-20-11-13-4-2-3-7-17-13;;/h2-4,7,12,14,16H,5-6,8-11H2,1H3,(H,18,19);2*1H. The maximum absolute atomic E-state index is 11.9. The molecule has 2 rings (SSSR count). The molecule has 0 bridgehead atoms. The predicted octanol–water partition coefficient (Wildman–Crippen LogP) is 2.66. The fourth-order valence-corrected chi connectivity index (χ4v) is 3.14. The maximum atomic E-state index is 11.9. The lowest BCUT2D eigenvalue weighted by molar-refractivity contribution is -0.121. The van der Waals surface area contributed by atoms with Crippen molar-refractivity contribution in [1.82, 2.24) is 15.6 Å². The van der Waals surface area contributed by atoms with Crippen LogP contribution in [0.3, 0.4) is 0 Å². The highest BCUT2D eigenvalue weighted by molar-refractivity contribution is 7.98. The van der Waals surface area contributed by atoms with Gasteiger partial charge in [0, 0.05) is 36.7 Å². The highest BCUT2D eigenvalue weighted by Crippen LogP contribution is 2.13. The van der Waals surface area contributed by atoms with Gasteiger partial charge in [0.1, 0.15) is 0 Å². The second-order valence-corrected chi connectivity index (χ2v) is 6.37. The van der Waals surface area contributed by atoms with Crippen LogP contribution in [0.5, 0.6) is 0 Å². The fraction of sp³-hybridized carbons (Fsp3) is 0.600. The zero-order valence-electron chi connectivity index (χ0n) is 12.8. The van der Waals surface area contributed by atoms with Gasteiger partial charge >= 0.3 is 0 Å². The molecule has 1 aliphatic rings. The lowest BCUT2D eigenvalue weighted by atomic mass is 9.95. The minimum atomic E-state index is 0. The number of hydrogen-bond donors (Lipinski definition) is 2. The number of nitrogens with zero attached hydrogens (tertiary/aromatic N) is 1. The number of amides is 1. The van der Waals surface area contributed by atoms with Crippen LogP contribution < -0.4 is 10.6 Å². The van der Waals surface area contributed by atoms with Crippen molar-refractivity contribution in [3.05, 3.63) is 30.1 Å². The topological polar surface area (TPSA) is 54.0 Å². The Balaban J connectivity index is 0.00000220. The zero-order chi connectivity index (χ0) is 14.2. The summed E-state index contributed by atoms with van der Waals surface area (Å²) in [7, 11) is 0. The van der Waals surface area contributed by atoms with Gasteiger partial charge in [-0.3, -0.25) is 9.78 Å². The third kappa shape index (κ3) is 7.68. The Morgan fingerprint density at radius 3 is 2.95 bits per heavy atom. The van der Waals surface area contributed by atoms with E-state index < -0.39 is 0 Å². The van der Waals surface area contributed by atoms with Crippen molar-refractivity contribution in [3.8, 4) is 0 Å². The van der Waals surface area contributed by atoms with Crippen LogP contribution in [0.15, 0.2) is 24.4 Å². The predicted molar refractivity (Wildman–Crippen MR) is 98.1 cm³/mol. The molecule has 0 saturated carbocycles. The summed E-state index contributed by atoms with van der Waals surface area (Å²) in [4.78, 5) is 16.2. The van der Waals surface area contributed by atoms with Crippen LogP contribution in [0.25, 0.3) is 0 Å². The molecule has 1 amide bonds. The summed E-state index contributed by atoms with van der Waals surface area (Å²) >= 11 is 1.76. The zero-order valence-corrected chi connectivity index (χ0v) is 15.2. The number of hydrogen-bond acceptors (Lipinski definition) is 4. The van der Waals surface area contributed by atoms with Gasteiger partial charge in [0.2, 0.25) is 5.91 Å². The second-order valence-electron chi connectivity index (χ2n) is 5.27. The van der Waals surface area contributed by atoms with Gasteiger partial charge in [0.05, 0.1) is 5.69 Å². The number of nitrogens with one attached hydrogen (secondary N) is 2. The van der Waals surface area contributed by atoms with Crippen LogP contribution >= 0.6 is 36.6 Å². The van der Waals surface area contributed by atoms with E-state index in [2.05, 4.69) is 22.5 Å². The first-order valence-corrected chi connectivity index (χ1v) is 8.39. The Labute approximate surface area is 149 Å². The number of rotatable bonds is 6. The molecule has 2 atom stereocenters. The summed E-state index contributed by atoms with van der Waals surface area (Å²) in [6.45, 7) is 4.17. The lowest BCUT2D eigenvalue weighted by Crippen LogP contribution is -2.50. The molecule has 2 unspecified atom stereocenters. The molecule has 126 valence electrons. The number of halogens is 2. The minimum absolute atomic E-state index is 0. The first kappa shape index (κ1) is 21.5. The van der Waals surface area contributed by atoms with Crippen molar-refractivity contribution in [3.63, 3.8) is 0 Å². The summed E-state index contributed by atoms with van der Waals surface area (Å²) in [5.41, 5.74) is 1.07. The number of carbonyl (C=O) groups excluding carboxylic acids is 1. The Kier molecular flexibility index (Phi) is 11.7. The van der Waals surface area contributed by atoms with E-state index in [1.54, 1.807) is 18.0 Å². The normalized spacial score (nSPS) is 20.4. The smallest absolute Gasteiger partial charge is 0.221 e. The average molecular weight is 366 g/mol. The Hall–Kier alpha value is -0.490. The van der Waals surface area contributed by atoms with E-state index in [1.165, 1.54) is 0 Å². The van der Waals surface area contributed by atoms with E-state index in [4.69, 9.17) is 0 Å². The largest absolute Gasteiger partial charge is 0.352 e. The van der Waals surface area contributed by atoms with Gasteiger partial charge in [-0.1, -0.05) is 13.0 Å². The number of carbonyl (C=O) groups is 1. The molecule has 0 aliphatic carbocycles. The molecule has 4 nitrogen and oxygen atoms in total. The molecular formula is C15H25Cl2N3OS. The van der Waals surface area contributed by atoms with Gasteiger partial charge in [0.25, 0.3) is 0 Å². The SMILES string of the molecule is CC1CCNCC1NC(=O)CCSCc1ccccn1.Cl.Cl. The fourth-order valence-electron chi connectivity index (χ4n) is 2.29. The molecule has 1 aliphatic heterocycles. The van der Waals surface area contributed by atoms with Crippen molar-refractivity contribution in [2.75, 3.05) is 18.8 Å². The van der Waals surface area contributed by atoms with Crippen molar-refractivity contribution >= 4 is 42.5 Å². The number of pyridine rings is 1. The Bertz CT molecular complexity index is 423. The Morgan fingerprint density at radius 2 is 2.27 bits per heavy atom. The van der Waals surface area contributed by atoms with Crippen LogP contribution in [0.2, 0.25) is 0 Å². The number of thioether (sulfide) groups is 1. The van der Waals surface area contributed by atoms with Gasteiger partial charge in [-0.25, -0.2) is 0 Å². The van der Waals surface area contributed by atoms with Gasteiger partial charge < -0.3 is 10.6 Å². The van der Waals surface area contributed by atoms with Gasteiger partial charge in [-0.05, 0) is 31.0 Å². The quantitative estimate of drug-likeness (QED) is 0.760. The van der Waals surface area contributed by atoms with Gasteiger partial charge in [-0.15, -0.1) is 24.8 Å². The summed E-state index contributed by atoms with van der Waals surface area (Å²) < 4.78 is 0. The molecule has 0 radical (unpaired) electrons. The van der Waals surface area contributed by atoms with E-state index in [1.807, 2.05) is 18.2 Å². The van der Waals surface area contributed by atoms with E-state index in [-0.39, 0.29) is 36.8 Å². The second kappa shape index (κ2) is 12.0. The van der Waals surface area contributed by atoms with E-state index >= 15 is 0 Å². The summed E-state index contributed by atoms with van der Waals surface area (Å²) in [5, 5.41) is 6.47. The average Bonchev–Trinajstić information content (AvgIpc) is 2.47. The molecule has 1 aromatic heterocycles. The summed E-state index contributed by atoms with van der Waals surface area (Å²) in [5.74, 6) is 2.45. The van der Waals surface area contributed by atoms with Crippen LogP contribution in [0.4, 0.5) is 0 Å². The number of piperidine rings is 1. The molecular weight excluding hydrogens is 341 g/mol. The molecule has 7 heteroatoms. The molecule has 2 heterocycles. The van der Waals surface area contributed by atoms with Crippen LogP contribution in [0.1, 0.15) is 25.5 Å². The monoisotopic (exact) mass is 365 g/mol. The number of aromatic nitrogens is 1. The van der Waals surface area contributed by atoms with Crippen LogP contribution in [-0.2, 0) is 10.5 Å². The first-order chi connectivity index (χ1) is 9.75. The van der Waals surface area contributed by atoms with E-state index in [0.717, 1.165) is 36.7 Å². The van der Waals surface area contributed by atoms with Crippen LogP contribution in [0, 0.1) is 5.92 Å². The lowest BCUT2D eigenvalue weighted by Gasteiger charge is -2.30. The third-order valence-electron chi connectivity index (χ3n) is 3.62. The molecule has 1 saturated heterocycles.